The molecule has 112 valence electrons. The van der Waals surface area contributed by atoms with Crippen molar-refractivity contribution in [1.29, 1.82) is 0 Å². The van der Waals surface area contributed by atoms with E-state index in [0.717, 1.165) is 27.4 Å². The molecule has 0 spiro atoms. The van der Waals surface area contributed by atoms with Crippen LogP contribution in [-0.4, -0.2) is 22.5 Å². The number of carbonyl (C=O) groups is 1. The van der Waals surface area contributed by atoms with Crippen LogP contribution in [0.2, 0.25) is 5.02 Å². The van der Waals surface area contributed by atoms with Gasteiger partial charge in [-0.25, -0.2) is 9.78 Å². The number of imidazole rings is 1. The molecule has 22 heavy (non-hydrogen) atoms. The molecule has 0 fully saturated rings. The molecule has 4 nitrogen and oxygen atoms in total. The number of aromatic amines is 1. The van der Waals surface area contributed by atoms with Gasteiger partial charge in [-0.3, -0.25) is 0 Å². The minimum atomic E-state index is -0.327. The maximum Gasteiger partial charge on any atom is 0.338 e. The van der Waals surface area contributed by atoms with E-state index in [4.69, 9.17) is 16.3 Å². The molecule has 0 atom stereocenters. The molecule has 0 bridgehead atoms. The molecule has 1 aromatic heterocycles. The number of nitrogens with zero attached hydrogens (tertiary/aromatic N) is 1. The van der Waals surface area contributed by atoms with E-state index < -0.39 is 0 Å². The van der Waals surface area contributed by atoms with Crippen LogP contribution in [0.5, 0.6) is 0 Å². The Morgan fingerprint density at radius 3 is 2.86 bits per heavy atom. The zero-order valence-electron chi connectivity index (χ0n) is 12.1. The number of hydrogen-bond acceptors (Lipinski definition) is 3. The molecule has 0 amide bonds. The summed E-state index contributed by atoms with van der Waals surface area (Å²) in [4.78, 5) is 19.5. The highest BCUT2D eigenvalue weighted by Gasteiger charge is 2.10. The fourth-order valence-corrected chi connectivity index (χ4v) is 2.51. The third-order valence-corrected chi connectivity index (χ3v) is 3.73. The Balaban J connectivity index is 1.90. The third-order valence-electron chi connectivity index (χ3n) is 3.36. The minimum Gasteiger partial charge on any atom is -0.462 e. The highest BCUT2D eigenvalue weighted by Crippen LogP contribution is 2.20. The molecule has 0 aliphatic rings. The Labute approximate surface area is 133 Å². The third kappa shape index (κ3) is 2.97. The largest absolute Gasteiger partial charge is 0.462 e. The predicted molar refractivity (Wildman–Crippen MR) is 86.3 cm³/mol. The van der Waals surface area contributed by atoms with Crippen molar-refractivity contribution in [1.82, 2.24) is 9.97 Å². The van der Waals surface area contributed by atoms with Crippen molar-refractivity contribution >= 4 is 28.6 Å². The molecule has 1 N–H and O–H groups in total. The molecule has 0 aliphatic heterocycles. The van der Waals surface area contributed by atoms with Crippen molar-refractivity contribution in [2.45, 2.75) is 13.3 Å². The number of benzene rings is 2. The van der Waals surface area contributed by atoms with E-state index in [1.54, 1.807) is 19.1 Å². The zero-order chi connectivity index (χ0) is 15.5. The lowest BCUT2D eigenvalue weighted by atomic mass is 10.1. The fourth-order valence-electron chi connectivity index (χ4n) is 2.31. The normalized spacial score (nSPS) is 10.8. The minimum absolute atomic E-state index is 0.327. The van der Waals surface area contributed by atoms with Crippen LogP contribution in [0.4, 0.5) is 0 Å². The first-order chi connectivity index (χ1) is 10.7. The molecule has 0 saturated heterocycles. The summed E-state index contributed by atoms with van der Waals surface area (Å²) in [5, 5.41) is 0.718. The second-order valence-corrected chi connectivity index (χ2v) is 5.31. The summed E-state index contributed by atoms with van der Waals surface area (Å²) in [5.74, 6) is 0.482. The molecule has 2 aromatic carbocycles. The quantitative estimate of drug-likeness (QED) is 0.741. The standard InChI is InChI=1S/C17H15ClN2O2/c1-2-22-17(21)12-7-8-14-15(9-12)20-16(19-14)10-11-5-3-4-6-13(11)18/h3-9H,2,10H2,1H3,(H,19,20). The lowest BCUT2D eigenvalue weighted by molar-refractivity contribution is 0.0526. The van der Waals surface area contributed by atoms with Gasteiger partial charge in [0.05, 0.1) is 23.2 Å². The van der Waals surface area contributed by atoms with Gasteiger partial charge in [-0.2, -0.15) is 0 Å². The Kier molecular flexibility index (Phi) is 4.11. The average molecular weight is 315 g/mol. The van der Waals surface area contributed by atoms with Crippen LogP contribution in [0, 0.1) is 0 Å². The number of rotatable bonds is 4. The van der Waals surface area contributed by atoms with E-state index in [9.17, 15) is 4.79 Å². The van der Waals surface area contributed by atoms with Gasteiger partial charge in [0, 0.05) is 11.4 Å². The summed E-state index contributed by atoms with van der Waals surface area (Å²) < 4.78 is 5.00. The number of hydrogen-bond donors (Lipinski definition) is 1. The molecular weight excluding hydrogens is 300 g/mol. The molecule has 0 radical (unpaired) electrons. The van der Waals surface area contributed by atoms with Crippen LogP contribution in [0.1, 0.15) is 28.7 Å². The Morgan fingerprint density at radius 1 is 1.27 bits per heavy atom. The maximum absolute atomic E-state index is 11.8. The first-order valence-electron chi connectivity index (χ1n) is 7.06. The predicted octanol–water partition coefficient (Wildman–Crippen LogP) is 3.98. The molecule has 0 saturated carbocycles. The van der Waals surface area contributed by atoms with Gasteiger partial charge in [0.25, 0.3) is 0 Å². The molecule has 1 heterocycles. The van der Waals surface area contributed by atoms with Gasteiger partial charge in [0.2, 0.25) is 0 Å². The van der Waals surface area contributed by atoms with E-state index in [2.05, 4.69) is 9.97 Å². The van der Waals surface area contributed by atoms with Crippen molar-refractivity contribution in [2.24, 2.45) is 0 Å². The fraction of sp³-hybridized carbons (Fsp3) is 0.176. The van der Waals surface area contributed by atoms with Crippen LogP contribution in [0.3, 0.4) is 0 Å². The van der Waals surface area contributed by atoms with Gasteiger partial charge in [-0.1, -0.05) is 29.8 Å². The lowest BCUT2D eigenvalue weighted by Crippen LogP contribution is -2.04. The van der Waals surface area contributed by atoms with Crippen molar-refractivity contribution in [3.8, 4) is 0 Å². The molecule has 0 aliphatic carbocycles. The first kappa shape index (κ1) is 14.6. The summed E-state index contributed by atoms with van der Waals surface area (Å²) in [5.41, 5.74) is 3.15. The summed E-state index contributed by atoms with van der Waals surface area (Å²) in [6, 6.07) is 13.0. The Morgan fingerprint density at radius 2 is 2.09 bits per heavy atom. The van der Waals surface area contributed by atoms with E-state index >= 15 is 0 Å². The number of nitrogens with one attached hydrogen (secondary N) is 1. The number of fused-ring (bicyclic) bond motifs is 1. The van der Waals surface area contributed by atoms with Crippen LogP contribution < -0.4 is 0 Å². The molecule has 3 aromatic rings. The summed E-state index contributed by atoms with van der Waals surface area (Å²) in [7, 11) is 0. The van der Waals surface area contributed by atoms with Crippen LogP contribution >= 0.6 is 11.6 Å². The lowest BCUT2D eigenvalue weighted by Gasteiger charge is -2.01. The second kappa shape index (κ2) is 6.20. The van der Waals surface area contributed by atoms with Gasteiger partial charge >= 0.3 is 5.97 Å². The van der Waals surface area contributed by atoms with Crippen molar-refractivity contribution in [2.75, 3.05) is 6.61 Å². The van der Waals surface area contributed by atoms with E-state index in [1.165, 1.54) is 0 Å². The summed E-state index contributed by atoms with van der Waals surface area (Å²) in [6.45, 7) is 2.14. The second-order valence-electron chi connectivity index (χ2n) is 4.90. The number of esters is 1. The molecule has 5 heteroatoms. The van der Waals surface area contributed by atoms with Crippen molar-refractivity contribution < 1.29 is 9.53 Å². The topological polar surface area (TPSA) is 55.0 Å². The highest BCUT2D eigenvalue weighted by atomic mass is 35.5. The van der Waals surface area contributed by atoms with Crippen LogP contribution in [0.25, 0.3) is 11.0 Å². The van der Waals surface area contributed by atoms with Gasteiger partial charge in [-0.05, 0) is 36.8 Å². The van der Waals surface area contributed by atoms with Crippen molar-refractivity contribution in [3.63, 3.8) is 0 Å². The first-order valence-corrected chi connectivity index (χ1v) is 7.44. The monoisotopic (exact) mass is 314 g/mol. The van der Waals surface area contributed by atoms with Gasteiger partial charge < -0.3 is 9.72 Å². The van der Waals surface area contributed by atoms with Gasteiger partial charge in [0.1, 0.15) is 5.82 Å². The number of ether oxygens (including phenoxy) is 1. The Bertz CT molecular complexity index is 826. The zero-order valence-corrected chi connectivity index (χ0v) is 12.9. The molecular formula is C17H15ClN2O2. The van der Waals surface area contributed by atoms with E-state index in [0.29, 0.717) is 18.6 Å². The van der Waals surface area contributed by atoms with E-state index in [1.807, 2.05) is 30.3 Å². The molecule has 0 unspecified atom stereocenters. The van der Waals surface area contributed by atoms with Crippen LogP contribution in [-0.2, 0) is 11.2 Å². The number of halogens is 1. The van der Waals surface area contributed by atoms with Gasteiger partial charge in [0.15, 0.2) is 0 Å². The number of aromatic nitrogens is 2. The Hall–Kier alpha value is -2.33. The summed E-state index contributed by atoms with van der Waals surface area (Å²) in [6.07, 6.45) is 0.614. The number of H-pyrrole nitrogens is 1. The SMILES string of the molecule is CCOC(=O)c1ccc2nc(Cc3ccccc3Cl)[nH]c2c1. The average Bonchev–Trinajstić information content (AvgIpc) is 2.91. The molecule has 3 rings (SSSR count). The summed E-state index contributed by atoms with van der Waals surface area (Å²) >= 11 is 6.17. The van der Waals surface area contributed by atoms with Gasteiger partial charge in [-0.15, -0.1) is 0 Å². The van der Waals surface area contributed by atoms with Crippen molar-refractivity contribution in [3.05, 3.63) is 64.4 Å². The number of carbonyl (C=O) groups excluding carboxylic acids is 1. The van der Waals surface area contributed by atoms with Crippen LogP contribution in [0.15, 0.2) is 42.5 Å². The highest BCUT2D eigenvalue weighted by molar-refractivity contribution is 6.31. The maximum atomic E-state index is 11.8. The smallest absolute Gasteiger partial charge is 0.338 e. The van der Waals surface area contributed by atoms with E-state index in [-0.39, 0.29) is 5.97 Å².